The number of hydrogen-bond donors (Lipinski definition) is 1. The van der Waals surface area contributed by atoms with Crippen LogP contribution in [-0.4, -0.2) is 24.9 Å². The molecule has 0 bridgehead atoms. The van der Waals surface area contributed by atoms with E-state index in [1.807, 2.05) is 55.8 Å². The van der Waals surface area contributed by atoms with Gasteiger partial charge >= 0.3 is 0 Å². The number of nitrogens with zero attached hydrogens (tertiary/aromatic N) is 2. The molecule has 4 rings (SSSR count). The first-order chi connectivity index (χ1) is 14.3. The van der Waals surface area contributed by atoms with Crippen LogP contribution in [0, 0.1) is 20.8 Å². The number of aromatic nitrogens is 2. The number of ether oxygens (including phenoxy) is 1. The van der Waals surface area contributed by atoms with Gasteiger partial charge in [0.1, 0.15) is 11.4 Å². The summed E-state index contributed by atoms with van der Waals surface area (Å²) in [7, 11) is -2.26. The minimum absolute atomic E-state index is 0.210. The molecule has 30 heavy (non-hydrogen) atoms. The van der Waals surface area contributed by atoms with Gasteiger partial charge in [-0.3, -0.25) is 4.72 Å². The topological polar surface area (TPSA) is 72.7 Å². The van der Waals surface area contributed by atoms with E-state index in [4.69, 9.17) is 4.74 Å². The SMILES string of the molecule is COc1ccc(-c2cn3ccc(C)cc3n2)cc1NS(=O)(=O)c1ccc(C)c(C)c1. The predicted molar refractivity (Wildman–Crippen MR) is 119 cm³/mol. The van der Waals surface area contributed by atoms with E-state index in [9.17, 15) is 8.42 Å². The van der Waals surface area contributed by atoms with Crippen molar-refractivity contribution in [2.75, 3.05) is 11.8 Å². The lowest BCUT2D eigenvalue weighted by Crippen LogP contribution is -2.14. The highest BCUT2D eigenvalue weighted by Gasteiger charge is 2.18. The van der Waals surface area contributed by atoms with E-state index in [0.717, 1.165) is 33.6 Å². The van der Waals surface area contributed by atoms with Crippen LogP contribution < -0.4 is 9.46 Å². The van der Waals surface area contributed by atoms with Crippen molar-refractivity contribution >= 4 is 21.4 Å². The number of aryl methyl sites for hydroxylation is 3. The molecule has 7 heteroatoms. The Kier molecular flexibility index (Phi) is 4.99. The lowest BCUT2D eigenvalue weighted by atomic mass is 10.1. The summed E-state index contributed by atoms with van der Waals surface area (Å²) in [6, 6.07) is 14.4. The van der Waals surface area contributed by atoms with E-state index in [1.54, 1.807) is 30.3 Å². The van der Waals surface area contributed by atoms with Crippen LogP contribution in [0.15, 0.2) is 65.8 Å². The maximum Gasteiger partial charge on any atom is 0.262 e. The fourth-order valence-electron chi connectivity index (χ4n) is 3.25. The second kappa shape index (κ2) is 7.50. The molecule has 2 aromatic heterocycles. The first kappa shape index (κ1) is 20.0. The van der Waals surface area contributed by atoms with Gasteiger partial charge in [-0.15, -0.1) is 0 Å². The number of imidazole rings is 1. The van der Waals surface area contributed by atoms with E-state index < -0.39 is 10.0 Å². The van der Waals surface area contributed by atoms with Gasteiger partial charge < -0.3 is 9.14 Å². The highest BCUT2D eigenvalue weighted by Crippen LogP contribution is 2.32. The Labute approximate surface area is 176 Å². The summed E-state index contributed by atoms with van der Waals surface area (Å²) in [6.45, 7) is 5.85. The van der Waals surface area contributed by atoms with Gasteiger partial charge in [-0.1, -0.05) is 6.07 Å². The van der Waals surface area contributed by atoms with Crippen LogP contribution in [0.2, 0.25) is 0 Å². The maximum atomic E-state index is 13.0. The maximum absolute atomic E-state index is 13.0. The molecular formula is C23H23N3O3S. The molecule has 2 heterocycles. The molecule has 0 fully saturated rings. The molecular weight excluding hydrogens is 398 g/mol. The number of sulfonamides is 1. The third kappa shape index (κ3) is 3.76. The first-order valence-corrected chi connectivity index (χ1v) is 11.0. The summed E-state index contributed by atoms with van der Waals surface area (Å²) in [5.74, 6) is 0.436. The second-order valence-corrected chi connectivity index (χ2v) is 9.04. The highest BCUT2D eigenvalue weighted by molar-refractivity contribution is 7.92. The zero-order valence-corrected chi connectivity index (χ0v) is 18.1. The van der Waals surface area contributed by atoms with Gasteiger partial charge in [-0.25, -0.2) is 13.4 Å². The van der Waals surface area contributed by atoms with Gasteiger partial charge in [-0.2, -0.15) is 0 Å². The number of anilines is 1. The Morgan fingerprint density at radius 3 is 2.50 bits per heavy atom. The molecule has 1 N–H and O–H groups in total. The smallest absolute Gasteiger partial charge is 0.262 e. The molecule has 6 nitrogen and oxygen atoms in total. The Bertz CT molecular complexity index is 1360. The standard InChI is InChI=1S/C23H23N3O3S/c1-15-9-10-26-14-21(24-23(26)11-15)18-6-8-22(29-4)20(13-18)25-30(27,28)19-7-5-16(2)17(3)12-19/h5-14,25H,1-4H3. The molecule has 0 radical (unpaired) electrons. The van der Waals surface area contributed by atoms with Crippen molar-refractivity contribution in [2.45, 2.75) is 25.7 Å². The summed E-state index contributed by atoms with van der Waals surface area (Å²) in [5.41, 5.74) is 5.80. The zero-order valence-electron chi connectivity index (χ0n) is 17.3. The third-order valence-corrected chi connectivity index (χ3v) is 6.51. The monoisotopic (exact) mass is 421 g/mol. The van der Waals surface area contributed by atoms with Crippen LogP contribution in [0.25, 0.3) is 16.9 Å². The van der Waals surface area contributed by atoms with Crippen molar-refractivity contribution in [3.8, 4) is 17.0 Å². The first-order valence-electron chi connectivity index (χ1n) is 9.51. The minimum Gasteiger partial charge on any atom is -0.495 e. The van der Waals surface area contributed by atoms with Crippen LogP contribution in [0.1, 0.15) is 16.7 Å². The zero-order chi connectivity index (χ0) is 21.5. The molecule has 0 aliphatic heterocycles. The minimum atomic E-state index is -3.77. The van der Waals surface area contributed by atoms with E-state index >= 15 is 0 Å². The van der Waals surface area contributed by atoms with Crippen LogP contribution in [0.4, 0.5) is 5.69 Å². The van der Waals surface area contributed by atoms with Crippen LogP contribution in [-0.2, 0) is 10.0 Å². The van der Waals surface area contributed by atoms with E-state index in [1.165, 1.54) is 7.11 Å². The molecule has 0 saturated heterocycles. The van der Waals surface area contributed by atoms with Crippen molar-refractivity contribution in [1.29, 1.82) is 0 Å². The van der Waals surface area contributed by atoms with E-state index in [0.29, 0.717) is 11.4 Å². The number of benzene rings is 2. The Morgan fingerprint density at radius 1 is 0.967 bits per heavy atom. The molecule has 0 amide bonds. The van der Waals surface area contributed by atoms with Crippen LogP contribution in [0.5, 0.6) is 5.75 Å². The largest absolute Gasteiger partial charge is 0.495 e. The number of rotatable bonds is 5. The van der Waals surface area contributed by atoms with Crippen molar-refractivity contribution in [3.05, 3.63) is 77.6 Å². The number of fused-ring (bicyclic) bond motifs is 1. The molecule has 0 spiro atoms. The summed E-state index contributed by atoms with van der Waals surface area (Å²) in [4.78, 5) is 4.87. The van der Waals surface area contributed by atoms with Crippen LogP contribution in [0.3, 0.4) is 0 Å². The van der Waals surface area contributed by atoms with E-state index in [-0.39, 0.29) is 4.90 Å². The van der Waals surface area contributed by atoms with Gasteiger partial charge in [0.05, 0.1) is 23.4 Å². The Balaban J connectivity index is 1.74. The quantitative estimate of drug-likeness (QED) is 0.505. The van der Waals surface area contributed by atoms with Gasteiger partial charge in [0.25, 0.3) is 10.0 Å². The number of nitrogens with one attached hydrogen (secondary N) is 1. The van der Waals surface area contributed by atoms with E-state index in [2.05, 4.69) is 9.71 Å². The molecule has 0 saturated carbocycles. The molecule has 0 atom stereocenters. The van der Waals surface area contributed by atoms with Crippen LogP contribution >= 0.6 is 0 Å². The average Bonchev–Trinajstić information content (AvgIpc) is 3.12. The van der Waals surface area contributed by atoms with Crippen molar-refractivity contribution in [3.63, 3.8) is 0 Å². The van der Waals surface area contributed by atoms with Gasteiger partial charge in [0.15, 0.2) is 0 Å². The van der Waals surface area contributed by atoms with Gasteiger partial charge in [0.2, 0.25) is 0 Å². The summed E-state index contributed by atoms with van der Waals surface area (Å²) < 4.78 is 35.9. The fraction of sp³-hybridized carbons (Fsp3) is 0.174. The molecule has 0 aliphatic carbocycles. The van der Waals surface area contributed by atoms with Gasteiger partial charge in [0, 0.05) is 18.0 Å². The summed E-state index contributed by atoms with van der Waals surface area (Å²) >= 11 is 0. The third-order valence-electron chi connectivity index (χ3n) is 5.14. The molecule has 4 aromatic rings. The lowest BCUT2D eigenvalue weighted by Gasteiger charge is -2.14. The Hall–Kier alpha value is -3.32. The fourth-order valence-corrected chi connectivity index (χ4v) is 4.40. The normalized spacial score (nSPS) is 11.6. The highest BCUT2D eigenvalue weighted by atomic mass is 32.2. The molecule has 0 aliphatic rings. The predicted octanol–water partition coefficient (Wildman–Crippen LogP) is 4.74. The Morgan fingerprint density at radius 2 is 1.77 bits per heavy atom. The van der Waals surface area contributed by atoms with Gasteiger partial charge in [-0.05, 0) is 79.9 Å². The average molecular weight is 422 g/mol. The second-order valence-electron chi connectivity index (χ2n) is 7.36. The summed E-state index contributed by atoms with van der Waals surface area (Å²) in [6.07, 6.45) is 3.87. The molecule has 0 unspecified atom stereocenters. The number of methoxy groups -OCH3 is 1. The lowest BCUT2D eigenvalue weighted by molar-refractivity contribution is 0.417. The van der Waals surface area contributed by atoms with Crippen molar-refractivity contribution < 1.29 is 13.2 Å². The molecule has 154 valence electrons. The molecule has 2 aromatic carbocycles. The summed E-state index contributed by atoms with van der Waals surface area (Å²) in [5, 5.41) is 0. The van der Waals surface area contributed by atoms with Crippen molar-refractivity contribution in [1.82, 2.24) is 9.38 Å². The number of pyridine rings is 1. The number of hydrogen-bond acceptors (Lipinski definition) is 4. The van der Waals surface area contributed by atoms with Crippen molar-refractivity contribution in [2.24, 2.45) is 0 Å².